The van der Waals surface area contributed by atoms with Crippen molar-refractivity contribution in [2.75, 3.05) is 0 Å². The molecule has 0 aliphatic heterocycles. The second-order valence-corrected chi connectivity index (χ2v) is 8.13. The summed E-state index contributed by atoms with van der Waals surface area (Å²) in [5, 5.41) is 5.66. The Morgan fingerprint density at radius 2 is 1.68 bits per heavy atom. The fourth-order valence-corrected chi connectivity index (χ4v) is 3.40. The molecule has 0 aliphatic carbocycles. The van der Waals surface area contributed by atoms with Crippen molar-refractivity contribution in [2.24, 2.45) is 10.5 Å². The number of aromatic nitrogens is 3. The molecule has 0 fully saturated rings. The van der Waals surface area contributed by atoms with Gasteiger partial charge in [0, 0.05) is 29.2 Å². The molecule has 0 aliphatic rings. The van der Waals surface area contributed by atoms with Crippen LogP contribution in [0.1, 0.15) is 26.3 Å². The Hall–Kier alpha value is -3.41. The molecule has 0 atom stereocenters. The van der Waals surface area contributed by atoms with E-state index in [0.29, 0.717) is 10.9 Å². The Balaban J connectivity index is 1.83. The predicted molar refractivity (Wildman–Crippen MR) is 113 cm³/mol. The van der Waals surface area contributed by atoms with Crippen LogP contribution in [-0.2, 0) is 6.54 Å². The van der Waals surface area contributed by atoms with Gasteiger partial charge >= 0.3 is 5.69 Å². The third-order valence-corrected chi connectivity index (χ3v) is 4.56. The molecule has 1 N–H and O–H groups in total. The third-order valence-electron chi connectivity index (χ3n) is 4.56. The first-order valence-corrected chi connectivity index (χ1v) is 9.20. The quantitative estimate of drug-likeness (QED) is 0.557. The Kier molecular flexibility index (Phi) is 4.26. The summed E-state index contributed by atoms with van der Waals surface area (Å²) in [6.07, 6.45) is 3.59. The molecular formula is C22H22N4O2. The van der Waals surface area contributed by atoms with Crippen LogP contribution >= 0.6 is 0 Å². The number of hydrogen-bond donors (Lipinski definition) is 1. The minimum absolute atomic E-state index is 0.114. The molecule has 0 spiro atoms. The summed E-state index contributed by atoms with van der Waals surface area (Å²) in [7, 11) is 0. The first kappa shape index (κ1) is 18.0. The lowest BCUT2D eigenvalue weighted by Crippen LogP contribution is -2.32. The van der Waals surface area contributed by atoms with Crippen molar-refractivity contribution in [1.29, 1.82) is 0 Å². The van der Waals surface area contributed by atoms with Gasteiger partial charge in [-0.1, -0.05) is 51.1 Å². The molecule has 6 nitrogen and oxygen atoms in total. The Morgan fingerprint density at radius 1 is 1.00 bits per heavy atom. The van der Waals surface area contributed by atoms with Gasteiger partial charge in [-0.25, -0.2) is 4.79 Å². The molecule has 142 valence electrons. The van der Waals surface area contributed by atoms with Crippen molar-refractivity contribution < 1.29 is 0 Å². The van der Waals surface area contributed by atoms with Gasteiger partial charge in [0.25, 0.3) is 5.56 Å². The van der Waals surface area contributed by atoms with Crippen LogP contribution in [0.25, 0.3) is 21.8 Å². The van der Waals surface area contributed by atoms with Crippen molar-refractivity contribution >= 4 is 28.0 Å². The van der Waals surface area contributed by atoms with E-state index in [2.05, 4.69) is 41.5 Å². The predicted octanol–water partition coefficient (Wildman–Crippen LogP) is 3.57. The summed E-state index contributed by atoms with van der Waals surface area (Å²) in [6, 6.07) is 15.0. The topological polar surface area (TPSA) is 72.2 Å². The number of fused-ring (bicyclic) bond motifs is 2. The Labute approximate surface area is 161 Å². The van der Waals surface area contributed by atoms with Gasteiger partial charge in [-0.05, 0) is 23.6 Å². The smallest absolute Gasteiger partial charge is 0.346 e. The van der Waals surface area contributed by atoms with Crippen LogP contribution in [0.3, 0.4) is 0 Å². The van der Waals surface area contributed by atoms with Gasteiger partial charge in [0.15, 0.2) is 0 Å². The average Bonchev–Trinajstić information content (AvgIpc) is 2.98. The Morgan fingerprint density at radius 3 is 2.43 bits per heavy atom. The summed E-state index contributed by atoms with van der Waals surface area (Å²) in [5.74, 6) is 0. The van der Waals surface area contributed by atoms with Crippen LogP contribution in [-0.4, -0.2) is 20.4 Å². The highest BCUT2D eigenvalue weighted by Gasteiger charge is 2.15. The van der Waals surface area contributed by atoms with E-state index in [1.54, 1.807) is 30.5 Å². The first-order chi connectivity index (χ1) is 13.3. The van der Waals surface area contributed by atoms with Crippen molar-refractivity contribution in [3.05, 3.63) is 81.1 Å². The third kappa shape index (κ3) is 3.29. The van der Waals surface area contributed by atoms with Crippen molar-refractivity contribution in [2.45, 2.75) is 27.3 Å². The zero-order chi connectivity index (χ0) is 19.9. The molecular weight excluding hydrogens is 352 g/mol. The lowest BCUT2D eigenvalue weighted by molar-refractivity contribution is 0.349. The minimum Gasteiger partial charge on any atom is -0.346 e. The van der Waals surface area contributed by atoms with Gasteiger partial charge in [0.1, 0.15) is 0 Å². The normalized spacial score (nSPS) is 12.4. The van der Waals surface area contributed by atoms with Crippen molar-refractivity contribution in [3.63, 3.8) is 0 Å². The molecule has 0 saturated carbocycles. The number of hydrogen-bond acceptors (Lipinski definition) is 3. The SMILES string of the molecule is CC(C)(C)Cn1cc(C=Nn2c(=O)[nH]c3ccccc3c2=O)c2ccccc21. The van der Waals surface area contributed by atoms with Crippen LogP contribution < -0.4 is 11.2 Å². The van der Waals surface area contributed by atoms with Crippen LogP contribution in [0, 0.1) is 5.41 Å². The van der Waals surface area contributed by atoms with Crippen molar-refractivity contribution in [3.8, 4) is 0 Å². The van der Waals surface area contributed by atoms with Crippen LogP contribution in [0.4, 0.5) is 0 Å². The van der Waals surface area contributed by atoms with E-state index in [4.69, 9.17) is 0 Å². The monoisotopic (exact) mass is 374 g/mol. The molecule has 4 aromatic rings. The highest BCUT2D eigenvalue weighted by atomic mass is 16.2. The molecule has 2 heterocycles. The number of H-pyrrole nitrogens is 1. The molecule has 28 heavy (non-hydrogen) atoms. The standard InChI is InChI=1S/C22H22N4O2/c1-22(2,3)14-25-13-15(16-8-5-7-11-19(16)25)12-23-26-20(27)17-9-4-6-10-18(17)24-21(26)28/h4-13H,14H2,1-3H3,(H,24,28). The van der Waals surface area contributed by atoms with Crippen molar-refractivity contribution in [1.82, 2.24) is 14.2 Å². The van der Waals surface area contributed by atoms with E-state index in [-0.39, 0.29) is 5.41 Å². The maximum Gasteiger partial charge on any atom is 0.349 e. The summed E-state index contributed by atoms with van der Waals surface area (Å²) < 4.78 is 3.06. The lowest BCUT2D eigenvalue weighted by Gasteiger charge is -2.19. The van der Waals surface area contributed by atoms with Gasteiger partial charge in [0.2, 0.25) is 0 Å². The van der Waals surface area contributed by atoms with E-state index in [9.17, 15) is 9.59 Å². The fraction of sp³-hybridized carbons (Fsp3) is 0.227. The molecule has 0 radical (unpaired) electrons. The second-order valence-electron chi connectivity index (χ2n) is 8.13. The maximum absolute atomic E-state index is 12.7. The average molecular weight is 374 g/mol. The maximum atomic E-state index is 12.7. The highest BCUT2D eigenvalue weighted by molar-refractivity contribution is 5.99. The molecule has 4 rings (SSSR count). The molecule has 2 aromatic carbocycles. The Bertz CT molecular complexity index is 1320. The van der Waals surface area contributed by atoms with E-state index in [1.807, 2.05) is 24.4 Å². The lowest BCUT2D eigenvalue weighted by atomic mass is 9.97. The number of nitrogens with one attached hydrogen (secondary N) is 1. The van der Waals surface area contributed by atoms with Gasteiger partial charge in [-0.15, -0.1) is 4.68 Å². The van der Waals surface area contributed by atoms with Crippen LogP contribution in [0.5, 0.6) is 0 Å². The molecule has 0 saturated heterocycles. The van der Waals surface area contributed by atoms with Gasteiger partial charge < -0.3 is 9.55 Å². The van der Waals surface area contributed by atoms with Crippen LogP contribution in [0.2, 0.25) is 0 Å². The summed E-state index contributed by atoms with van der Waals surface area (Å²) in [4.78, 5) is 27.7. The van der Waals surface area contributed by atoms with E-state index < -0.39 is 11.2 Å². The second kappa shape index (κ2) is 6.64. The zero-order valence-electron chi connectivity index (χ0n) is 16.1. The molecule has 6 heteroatoms. The van der Waals surface area contributed by atoms with Gasteiger partial charge in [0.05, 0.1) is 17.1 Å². The zero-order valence-corrected chi connectivity index (χ0v) is 16.1. The van der Waals surface area contributed by atoms with E-state index in [0.717, 1.165) is 27.7 Å². The minimum atomic E-state index is -0.557. The van der Waals surface area contributed by atoms with Gasteiger partial charge in [-0.3, -0.25) is 4.79 Å². The molecule has 0 unspecified atom stereocenters. The molecule has 0 amide bonds. The van der Waals surface area contributed by atoms with Crippen LogP contribution in [0.15, 0.2) is 69.4 Å². The van der Waals surface area contributed by atoms with E-state index in [1.165, 1.54) is 0 Å². The van der Waals surface area contributed by atoms with E-state index >= 15 is 0 Å². The van der Waals surface area contributed by atoms with Gasteiger partial charge in [-0.2, -0.15) is 5.10 Å². The summed E-state index contributed by atoms with van der Waals surface area (Å²) in [5.41, 5.74) is 1.58. The highest BCUT2D eigenvalue weighted by Crippen LogP contribution is 2.24. The fourth-order valence-electron chi connectivity index (χ4n) is 3.40. The largest absolute Gasteiger partial charge is 0.349 e. The first-order valence-electron chi connectivity index (χ1n) is 9.20. The number of aromatic amines is 1. The number of benzene rings is 2. The molecule has 2 aromatic heterocycles. The molecule has 0 bridgehead atoms. The number of nitrogens with zero attached hydrogens (tertiary/aromatic N) is 3. The number of para-hydroxylation sites is 2. The summed E-state index contributed by atoms with van der Waals surface area (Å²) >= 11 is 0. The summed E-state index contributed by atoms with van der Waals surface area (Å²) in [6.45, 7) is 7.40. The number of rotatable bonds is 3.